The van der Waals surface area contributed by atoms with E-state index in [1.165, 1.54) is 0 Å². The molecule has 1 atom stereocenters. The largest absolute Gasteiger partial charge is 0.462 e. The molecular weight excluding hydrogens is 252 g/mol. The zero-order chi connectivity index (χ0) is 13.7. The van der Waals surface area contributed by atoms with Crippen LogP contribution in [-0.2, 0) is 13.6 Å². The van der Waals surface area contributed by atoms with Crippen LogP contribution in [-0.4, -0.2) is 34.3 Å². The molecule has 6 heteroatoms. The van der Waals surface area contributed by atoms with Crippen LogP contribution in [0.4, 0.5) is 0 Å². The molecule has 0 heterocycles. The Labute approximate surface area is 106 Å². The first-order valence-corrected chi connectivity index (χ1v) is 11.8. The van der Waals surface area contributed by atoms with Crippen LogP contribution in [0.2, 0.25) is 32.2 Å². The molecule has 0 saturated heterocycles. The highest BCUT2D eigenvalue weighted by Gasteiger charge is 2.32. The van der Waals surface area contributed by atoms with Gasteiger partial charge in [0.1, 0.15) is 0 Å². The molecule has 0 bridgehead atoms. The van der Waals surface area contributed by atoms with Crippen LogP contribution in [0.1, 0.15) is 13.3 Å². The summed E-state index contributed by atoms with van der Waals surface area (Å²) in [4.78, 5) is 21.2. The molecule has 1 unspecified atom stereocenters. The number of carbonyl (C=O) groups excluding carboxylic acids is 1. The number of esters is 1. The van der Waals surface area contributed by atoms with Gasteiger partial charge in [-0.05, 0) is 45.6 Å². The number of hydrogen-bond acceptors (Lipinski definition) is 4. The van der Waals surface area contributed by atoms with Crippen molar-refractivity contribution in [2.24, 2.45) is 0 Å². The number of carbonyl (C=O) groups is 1. The van der Waals surface area contributed by atoms with Crippen LogP contribution in [0.25, 0.3) is 0 Å². The van der Waals surface area contributed by atoms with Crippen LogP contribution in [0.5, 0.6) is 0 Å². The quantitative estimate of drug-likeness (QED) is 0.336. The monoisotopic (exact) mass is 276 g/mol. The van der Waals surface area contributed by atoms with Gasteiger partial charge in [0, 0.05) is 5.57 Å². The molecule has 17 heavy (non-hydrogen) atoms. The fourth-order valence-electron chi connectivity index (χ4n) is 1.40. The smallest absolute Gasteiger partial charge is 0.333 e. The first kappa shape index (κ1) is 16.6. The van der Waals surface area contributed by atoms with Gasteiger partial charge in [0.25, 0.3) is 0 Å². The molecule has 0 amide bonds. The summed E-state index contributed by atoms with van der Waals surface area (Å²) in [6, 6.07) is 0.584. The maximum atomic E-state index is 11.1. The fraction of sp³-hybridized carbons (Fsp3) is 0.727. The molecule has 0 aliphatic heterocycles. The predicted molar refractivity (Wildman–Crippen MR) is 73.5 cm³/mol. The van der Waals surface area contributed by atoms with E-state index >= 15 is 0 Å². The van der Waals surface area contributed by atoms with E-state index in [0.717, 1.165) is 0 Å². The van der Waals surface area contributed by atoms with E-state index in [0.29, 0.717) is 24.6 Å². The molecule has 0 radical (unpaired) electrons. The summed E-state index contributed by atoms with van der Waals surface area (Å²) in [5.74, 6) is -0.377. The van der Waals surface area contributed by atoms with Gasteiger partial charge >= 0.3 is 14.5 Å². The summed E-state index contributed by atoms with van der Waals surface area (Å²) in [7, 11) is -4.29. The molecule has 0 aromatic rings. The Kier molecular flexibility index (Phi) is 6.32. The van der Waals surface area contributed by atoms with Gasteiger partial charge in [0.05, 0.1) is 6.61 Å². The third kappa shape index (κ3) is 9.28. The van der Waals surface area contributed by atoms with Crippen LogP contribution in [0.3, 0.4) is 0 Å². The molecule has 0 spiro atoms. The van der Waals surface area contributed by atoms with Crippen molar-refractivity contribution in [1.82, 2.24) is 0 Å². The summed E-state index contributed by atoms with van der Waals surface area (Å²) >= 11 is 0. The Morgan fingerprint density at radius 2 is 1.82 bits per heavy atom. The summed E-state index contributed by atoms with van der Waals surface area (Å²) in [6.07, 6.45) is 0.628. The lowest BCUT2D eigenvalue weighted by molar-refractivity contribution is -0.138. The summed E-state index contributed by atoms with van der Waals surface area (Å²) < 4.78 is 10.7. The molecule has 0 saturated carbocycles. The average Bonchev–Trinajstić information content (AvgIpc) is 2.07. The fourth-order valence-corrected chi connectivity index (χ4v) is 7.88. The zero-order valence-electron chi connectivity index (χ0n) is 11.5. The Morgan fingerprint density at radius 1 is 1.29 bits per heavy atom. The van der Waals surface area contributed by atoms with Crippen molar-refractivity contribution in [3.8, 4) is 0 Å². The second-order valence-corrected chi connectivity index (χ2v) is 13.3. The zero-order valence-corrected chi connectivity index (χ0v) is 13.5. The molecule has 0 fully saturated rings. The number of rotatable bonds is 7. The minimum atomic E-state index is -2.59. The standard InChI is InChI=1S/C11H24O4Si2/c1-10(2)11(12)14-8-7-9-17(6,13)15-16(3,4)5/h13H,1,7-9H2,2-6H3. The first-order valence-electron chi connectivity index (χ1n) is 5.79. The van der Waals surface area contributed by atoms with E-state index in [2.05, 4.69) is 26.2 Å². The SMILES string of the molecule is C=C(C)C(=O)OCCC[Si](C)(O)O[Si](C)(C)C. The second-order valence-electron chi connectivity index (χ2n) is 5.41. The summed E-state index contributed by atoms with van der Waals surface area (Å²) in [5, 5.41) is 0. The van der Waals surface area contributed by atoms with Gasteiger partial charge in [-0.3, -0.25) is 0 Å². The van der Waals surface area contributed by atoms with Crippen LogP contribution >= 0.6 is 0 Å². The maximum Gasteiger partial charge on any atom is 0.333 e. The van der Waals surface area contributed by atoms with Crippen LogP contribution in [0, 0.1) is 0 Å². The maximum absolute atomic E-state index is 11.1. The molecule has 0 aliphatic carbocycles. The molecule has 0 rings (SSSR count). The van der Waals surface area contributed by atoms with Crippen molar-refractivity contribution in [2.75, 3.05) is 6.61 Å². The lowest BCUT2D eigenvalue weighted by Gasteiger charge is -2.29. The molecular formula is C11H24O4Si2. The molecule has 100 valence electrons. The van der Waals surface area contributed by atoms with Gasteiger partial charge in [-0.2, -0.15) is 0 Å². The third-order valence-electron chi connectivity index (χ3n) is 1.89. The van der Waals surface area contributed by atoms with Crippen molar-refractivity contribution in [3.05, 3.63) is 12.2 Å². The van der Waals surface area contributed by atoms with E-state index in [4.69, 9.17) is 8.85 Å². The normalized spacial score (nSPS) is 15.2. The number of ether oxygens (including phenoxy) is 1. The van der Waals surface area contributed by atoms with Crippen LogP contribution < -0.4 is 0 Å². The highest BCUT2D eigenvalue weighted by atomic mass is 28.4. The van der Waals surface area contributed by atoms with Crippen molar-refractivity contribution >= 4 is 22.8 Å². The van der Waals surface area contributed by atoms with Crippen molar-refractivity contribution in [2.45, 2.75) is 45.6 Å². The minimum absolute atomic E-state index is 0.309. The number of hydrogen-bond donors (Lipinski definition) is 1. The second kappa shape index (κ2) is 6.48. The highest BCUT2D eigenvalue weighted by molar-refractivity contribution is 6.81. The highest BCUT2D eigenvalue weighted by Crippen LogP contribution is 2.17. The Hall–Kier alpha value is -0.436. The summed E-state index contributed by atoms with van der Waals surface area (Å²) in [5.41, 5.74) is 0.396. The molecule has 0 aliphatic rings. The predicted octanol–water partition coefficient (Wildman–Crippen LogP) is 2.41. The van der Waals surface area contributed by atoms with Gasteiger partial charge in [-0.25, -0.2) is 4.79 Å². The molecule has 1 N–H and O–H groups in total. The topological polar surface area (TPSA) is 55.8 Å². The lowest BCUT2D eigenvalue weighted by atomic mass is 10.4. The van der Waals surface area contributed by atoms with E-state index in [1.54, 1.807) is 13.5 Å². The van der Waals surface area contributed by atoms with Crippen LogP contribution in [0.15, 0.2) is 12.2 Å². The van der Waals surface area contributed by atoms with Gasteiger partial charge in [0.2, 0.25) is 0 Å². The third-order valence-corrected chi connectivity index (χ3v) is 7.38. The minimum Gasteiger partial charge on any atom is -0.462 e. The van der Waals surface area contributed by atoms with E-state index < -0.39 is 16.9 Å². The molecule has 0 aromatic carbocycles. The van der Waals surface area contributed by atoms with Crippen molar-refractivity contribution < 1.29 is 18.4 Å². The lowest BCUT2D eigenvalue weighted by Crippen LogP contribution is -2.44. The van der Waals surface area contributed by atoms with Gasteiger partial charge in [-0.1, -0.05) is 6.58 Å². The molecule has 4 nitrogen and oxygen atoms in total. The Bertz CT molecular complexity index is 282. The average molecular weight is 276 g/mol. The van der Waals surface area contributed by atoms with Crippen molar-refractivity contribution in [1.29, 1.82) is 0 Å². The first-order chi connectivity index (χ1) is 7.53. The van der Waals surface area contributed by atoms with E-state index in [9.17, 15) is 9.59 Å². The van der Waals surface area contributed by atoms with E-state index in [1.807, 2.05) is 0 Å². The molecule has 0 aromatic heterocycles. The Morgan fingerprint density at radius 3 is 2.24 bits per heavy atom. The van der Waals surface area contributed by atoms with Gasteiger partial charge < -0.3 is 13.6 Å². The Balaban J connectivity index is 3.88. The van der Waals surface area contributed by atoms with Gasteiger partial charge in [0.15, 0.2) is 8.32 Å². The van der Waals surface area contributed by atoms with Gasteiger partial charge in [-0.15, -0.1) is 0 Å². The summed E-state index contributed by atoms with van der Waals surface area (Å²) in [6.45, 7) is 13.4. The van der Waals surface area contributed by atoms with Crippen molar-refractivity contribution in [3.63, 3.8) is 0 Å². The van der Waals surface area contributed by atoms with E-state index in [-0.39, 0.29) is 5.97 Å².